The monoisotopic (exact) mass is 559 g/mol. The normalized spacial score (nSPS) is 14.1. The molecule has 10 heteroatoms. The van der Waals surface area contributed by atoms with Crippen LogP contribution in [0.5, 0.6) is 0 Å². The predicted octanol–water partition coefficient (Wildman–Crippen LogP) is 5.61. The first-order chi connectivity index (χ1) is 19.6. The number of carbonyl (C=O) groups is 1. The molecule has 1 fully saturated rings. The Morgan fingerprint density at radius 1 is 1.22 bits per heavy atom. The molecule has 0 aliphatic carbocycles. The van der Waals surface area contributed by atoms with Crippen LogP contribution in [-0.2, 0) is 10.3 Å². The number of H-pyrrole nitrogens is 1. The summed E-state index contributed by atoms with van der Waals surface area (Å²) in [6.07, 6.45) is 7.51. The maximum absolute atomic E-state index is 14.7. The van der Waals surface area contributed by atoms with Crippen molar-refractivity contribution in [3.05, 3.63) is 66.5 Å². The fourth-order valence-corrected chi connectivity index (χ4v) is 5.59. The SMILES string of the molecule is CCN(C(C)C)C(C)C.COC(=O)c1ccc(N2CC(CC#N)(n3cc(-c4ccnc5[nH]ccc45)cn3)C2)c(F)c1. The molecule has 1 aliphatic rings. The molecule has 0 saturated carbocycles. The highest BCUT2D eigenvalue weighted by molar-refractivity contribution is 5.92. The highest BCUT2D eigenvalue weighted by Gasteiger charge is 2.46. The summed E-state index contributed by atoms with van der Waals surface area (Å²) in [5, 5.41) is 15.0. The van der Waals surface area contributed by atoms with Crippen molar-refractivity contribution in [3.8, 4) is 17.2 Å². The van der Waals surface area contributed by atoms with E-state index < -0.39 is 17.3 Å². The first-order valence-corrected chi connectivity index (χ1v) is 13.9. The highest BCUT2D eigenvalue weighted by atomic mass is 19.1. The molecule has 0 unspecified atom stereocenters. The minimum absolute atomic E-state index is 0.155. The zero-order chi connectivity index (χ0) is 29.7. The molecule has 216 valence electrons. The van der Waals surface area contributed by atoms with Gasteiger partial charge < -0.3 is 14.6 Å². The molecule has 0 radical (unpaired) electrons. The lowest BCUT2D eigenvalue weighted by Gasteiger charge is -2.50. The second kappa shape index (κ2) is 12.5. The van der Waals surface area contributed by atoms with Crippen molar-refractivity contribution in [3.63, 3.8) is 0 Å². The molecule has 4 heterocycles. The molecule has 1 N–H and O–H groups in total. The summed E-state index contributed by atoms with van der Waals surface area (Å²) in [4.78, 5) is 23.3. The second-order valence-corrected chi connectivity index (χ2v) is 10.9. The summed E-state index contributed by atoms with van der Waals surface area (Å²) < 4.78 is 21.1. The lowest BCUT2D eigenvalue weighted by molar-refractivity contribution is 0.0600. The van der Waals surface area contributed by atoms with Crippen LogP contribution in [0.15, 0.2) is 55.1 Å². The van der Waals surface area contributed by atoms with Crippen LogP contribution in [0.1, 0.15) is 51.4 Å². The molecule has 4 aromatic rings. The van der Waals surface area contributed by atoms with Gasteiger partial charge in [0.25, 0.3) is 0 Å². The number of hydrogen-bond donors (Lipinski definition) is 1. The van der Waals surface area contributed by atoms with E-state index >= 15 is 0 Å². The Morgan fingerprint density at radius 2 is 1.95 bits per heavy atom. The molecule has 3 aromatic heterocycles. The van der Waals surface area contributed by atoms with Crippen molar-refractivity contribution in [2.24, 2.45) is 0 Å². The molecule has 0 spiro atoms. The van der Waals surface area contributed by atoms with E-state index in [-0.39, 0.29) is 12.0 Å². The summed E-state index contributed by atoms with van der Waals surface area (Å²) >= 11 is 0. The van der Waals surface area contributed by atoms with Crippen LogP contribution >= 0.6 is 0 Å². The molecule has 1 saturated heterocycles. The van der Waals surface area contributed by atoms with Crippen molar-refractivity contribution in [2.75, 3.05) is 31.6 Å². The number of aromatic nitrogens is 4. The van der Waals surface area contributed by atoms with E-state index in [1.54, 1.807) is 18.5 Å². The number of hydrogen-bond acceptors (Lipinski definition) is 7. The number of carbonyl (C=O) groups excluding carboxylic acids is 1. The van der Waals surface area contributed by atoms with Crippen LogP contribution in [0.2, 0.25) is 0 Å². The van der Waals surface area contributed by atoms with E-state index in [9.17, 15) is 14.4 Å². The summed E-state index contributed by atoms with van der Waals surface area (Å²) in [6, 6.07) is 11.8. The number of nitriles is 1. The molecular weight excluding hydrogens is 521 g/mol. The van der Waals surface area contributed by atoms with E-state index in [1.165, 1.54) is 19.2 Å². The third-order valence-electron chi connectivity index (χ3n) is 7.62. The van der Waals surface area contributed by atoms with Gasteiger partial charge in [0.1, 0.15) is 17.0 Å². The van der Waals surface area contributed by atoms with Gasteiger partial charge >= 0.3 is 5.97 Å². The van der Waals surface area contributed by atoms with E-state index in [2.05, 4.69) is 65.4 Å². The summed E-state index contributed by atoms with van der Waals surface area (Å²) in [6.45, 7) is 13.2. The van der Waals surface area contributed by atoms with E-state index in [0.717, 1.165) is 28.7 Å². The predicted molar refractivity (Wildman–Crippen MR) is 158 cm³/mol. The number of fused-ring (bicyclic) bond motifs is 1. The van der Waals surface area contributed by atoms with E-state index in [4.69, 9.17) is 0 Å². The van der Waals surface area contributed by atoms with Gasteiger partial charge in [0.05, 0.1) is 37.0 Å². The zero-order valence-electron chi connectivity index (χ0n) is 24.6. The first-order valence-electron chi connectivity index (χ1n) is 13.9. The van der Waals surface area contributed by atoms with Crippen LogP contribution < -0.4 is 4.90 Å². The van der Waals surface area contributed by atoms with Crippen molar-refractivity contribution < 1.29 is 13.9 Å². The van der Waals surface area contributed by atoms with Gasteiger partial charge in [-0.15, -0.1) is 0 Å². The third kappa shape index (κ3) is 6.10. The Balaban J connectivity index is 0.000000374. The lowest BCUT2D eigenvalue weighted by atomic mass is 9.86. The molecule has 0 amide bonds. The van der Waals surface area contributed by atoms with Crippen LogP contribution in [0.25, 0.3) is 22.2 Å². The van der Waals surface area contributed by atoms with Crippen molar-refractivity contribution in [2.45, 2.75) is 58.7 Å². The summed E-state index contributed by atoms with van der Waals surface area (Å²) in [7, 11) is 1.26. The average Bonchev–Trinajstić information content (AvgIpc) is 3.61. The number of rotatable bonds is 8. The molecule has 5 rings (SSSR count). The van der Waals surface area contributed by atoms with Crippen molar-refractivity contribution in [1.82, 2.24) is 24.6 Å². The van der Waals surface area contributed by atoms with Crippen LogP contribution in [0.4, 0.5) is 10.1 Å². The average molecular weight is 560 g/mol. The second-order valence-electron chi connectivity index (χ2n) is 10.9. The van der Waals surface area contributed by atoms with Gasteiger partial charge in [-0.2, -0.15) is 10.4 Å². The molecule has 0 bridgehead atoms. The number of nitrogens with zero attached hydrogens (tertiary/aromatic N) is 6. The number of anilines is 1. The van der Waals surface area contributed by atoms with Crippen LogP contribution in [-0.4, -0.2) is 69.4 Å². The first kappa shape index (κ1) is 29.7. The van der Waals surface area contributed by atoms with Gasteiger partial charge in [-0.05, 0) is 70.1 Å². The van der Waals surface area contributed by atoms with Crippen molar-refractivity contribution in [1.29, 1.82) is 5.26 Å². The largest absolute Gasteiger partial charge is 0.465 e. The Bertz CT molecular complexity index is 1520. The fraction of sp³-hybridized carbons (Fsp3) is 0.419. The van der Waals surface area contributed by atoms with E-state index in [0.29, 0.717) is 30.9 Å². The molecular formula is C31H38FN7O2. The Kier molecular flexibility index (Phi) is 9.08. The van der Waals surface area contributed by atoms with Gasteiger partial charge in [0.15, 0.2) is 0 Å². The number of halogens is 1. The van der Waals surface area contributed by atoms with Gasteiger partial charge in [-0.25, -0.2) is 14.2 Å². The minimum Gasteiger partial charge on any atom is -0.465 e. The molecule has 1 aromatic carbocycles. The molecule has 1 aliphatic heterocycles. The number of aromatic amines is 1. The quantitative estimate of drug-likeness (QED) is 0.280. The number of esters is 1. The number of pyridine rings is 1. The van der Waals surface area contributed by atoms with Crippen LogP contribution in [0, 0.1) is 17.1 Å². The zero-order valence-corrected chi connectivity index (χ0v) is 24.6. The van der Waals surface area contributed by atoms with Crippen molar-refractivity contribution >= 4 is 22.7 Å². The van der Waals surface area contributed by atoms with Gasteiger partial charge in [0, 0.05) is 54.7 Å². The smallest absolute Gasteiger partial charge is 0.337 e. The number of nitrogens with one attached hydrogen (secondary N) is 1. The number of methoxy groups -OCH3 is 1. The standard InChI is InChI=1S/C23H19FN6O2.C8H19N/c1-32-22(31)15-2-3-20(19(24)10-15)29-13-23(14-29,6-7-25)30-12-16(11-28-30)17-4-8-26-21-18(17)5-9-27-21;1-6-9(7(2)3)8(4)5/h2-5,8-12H,6,13-14H2,1H3,(H,26,27);7-8H,6H2,1-5H3. The Morgan fingerprint density at radius 3 is 2.54 bits per heavy atom. The van der Waals surface area contributed by atoms with Gasteiger partial charge in [0.2, 0.25) is 0 Å². The minimum atomic E-state index is -0.588. The maximum Gasteiger partial charge on any atom is 0.337 e. The van der Waals surface area contributed by atoms with E-state index in [1.807, 2.05) is 34.1 Å². The summed E-state index contributed by atoms with van der Waals surface area (Å²) in [5.41, 5.74) is 2.67. The third-order valence-corrected chi connectivity index (χ3v) is 7.62. The van der Waals surface area contributed by atoms with Gasteiger partial charge in [-0.1, -0.05) is 6.92 Å². The molecule has 41 heavy (non-hydrogen) atoms. The molecule has 0 atom stereocenters. The summed E-state index contributed by atoms with van der Waals surface area (Å²) in [5.74, 6) is -1.10. The lowest BCUT2D eigenvalue weighted by Crippen LogP contribution is -2.63. The van der Waals surface area contributed by atoms with Crippen LogP contribution in [0.3, 0.4) is 0 Å². The van der Waals surface area contributed by atoms with Gasteiger partial charge in [-0.3, -0.25) is 9.58 Å². The Labute approximate surface area is 240 Å². The number of benzene rings is 1. The fourth-order valence-electron chi connectivity index (χ4n) is 5.59. The molecule has 9 nitrogen and oxygen atoms in total. The Hall–Kier alpha value is -4.23. The highest BCUT2D eigenvalue weighted by Crippen LogP contribution is 2.38. The topological polar surface area (TPSA) is 103 Å². The number of ether oxygens (including phenoxy) is 1. The maximum atomic E-state index is 14.7.